The van der Waals surface area contributed by atoms with Crippen LogP contribution in [0.25, 0.3) is 0 Å². The van der Waals surface area contributed by atoms with E-state index in [0.29, 0.717) is 11.5 Å². The SMILES string of the molecule is CC1(C)CCC(N(CCN)Cc2ccccc2)C1. The number of benzene rings is 1. The van der Waals surface area contributed by atoms with Crippen LogP contribution >= 0.6 is 0 Å². The molecule has 0 aromatic heterocycles. The second-order valence-electron chi connectivity index (χ2n) is 6.31. The minimum absolute atomic E-state index is 0.508. The molecule has 2 heteroatoms. The van der Waals surface area contributed by atoms with Crippen LogP contribution in [-0.2, 0) is 6.54 Å². The van der Waals surface area contributed by atoms with Crippen LogP contribution in [-0.4, -0.2) is 24.0 Å². The highest BCUT2D eigenvalue weighted by atomic mass is 15.2. The zero-order valence-corrected chi connectivity index (χ0v) is 11.7. The van der Waals surface area contributed by atoms with Gasteiger partial charge >= 0.3 is 0 Å². The van der Waals surface area contributed by atoms with Gasteiger partial charge in [-0.05, 0) is 30.2 Å². The topological polar surface area (TPSA) is 29.3 Å². The first kappa shape index (κ1) is 13.6. The molecule has 0 spiro atoms. The van der Waals surface area contributed by atoms with E-state index < -0.39 is 0 Å². The molecular weight excluding hydrogens is 220 g/mol. The molecule has 1 aromatic rings. The van der Waals surface area contributed by atoms with E-state index in [9.17, 15) is 0 Å². The van der Waals surface area contributed by atoms with E-state index >= 15 is 0 Å². The van der Waals surface area contributed by atoms with Crippen LogP contribution in [0.1, 0.15) is 38.7 Å². The standard InChI is InChI=1S/C16H26N2/c1-16(2)9-8-15(12-16)18(11-10-17)13-14-6-4-3-5-7-14/h3-7,15H,8-13,17H2,1-2H3. The van der Waals surface area contributed by atoms with Crippen molar-refractivity contribution in [1.29, 1.82) is 0 Å². The molecule has 1 aliphatic carbocycles. The Kier molecular flexibility index (Phi) is 4.41. The number of nitrogens with two attached hydrogens (primary N) is 1. The van der Waals surface area contributed by atoms with E-state index in [4.69, 9.17) is 5.73 Å². The van der Waals surface area contributed by atoms with Crippen molar-refractivity contribution in [2.24, 2.45) is 11.1 Å². The third-order valence-electron chi connectivity index (χ3n) is 4.10. The Labute approximate surface area is 111 Å². The lowest BCUT2D eigenvalue weighted by Gasteiger charge is -2.29. The summed E-state index contributed by atoms with van der Waals surface area (Å²) in [5, 5.41) is 0. The van der Waals surface area contributed by atoms with Gasteiger partial charge in [-0.2, -0.15) is 0 Å². The third kappa shape index (κ3) is 3.56. The van der Waals surface area contributed by atoms with Crippen molar-refractivity contribution in [2.45, 2.75) is 45.7 Å². The van der Waals surface area contributed by atoms with Crippen molar-refractivity contribution in [3.05, 3.63) is 35.9 Å². The zero-order chi connectivity index (χ0) is 13.0. The number of nitrogens with zero attached hydrogens (tertiary/aromatic N) is 1. The lowest BCUT2D eigenvalue weighted by molar-refractivity contribution is 0.183. The highest BCUT2D eigenvalue weighted by Gasteiger charge is 2.33. The third-order valence-corrected chi connectivity index (χ3v) is 4.10. The Morgan fingerprint density at radius 1 is 1.28 bits per heavy atom. The molecule has 1 atom stereocenters. The second kappa shape index (κ2) is 5.85. The molecule has 2 N–H and O–H groups in total. The number of rotatable bonds is 5. The van der Waals surface area contributed by atoms with Crippen molar-refractivity contribution in [2.75, 3.05) is 13.1 Å². The van der Waals surface area contributed by atoms with E-state index in [1.807, 2.05) is 0 Å². The predicted molar refractivity (Wildman–Crippen MR) is 77.3 cm³/mol. The summed E-state index contributed by atoms with van der Waals surface area (Å²) in [5.74, 6) is 0. The minimum atomic E-state index is 0.508. The summed E-state index contributed by atoms with van der Waals surface area (Å²) in [7, 11) is 0. The molecule has 2 nitrogen and oxygen atoms in total. The van der Waals surface area contributed by atoms with Crippen LogP contribution in [0.2, 0.25) is 0 Å². The Balaban J connectivity index is 2.00. The van der Waals surface area contributed by atoms with Crippen LogP contribution in [0.3, 0.4) is 0 Å². The molecule has 0 saturated heterocycles. The maximum atomic E-state index is 5.78. The van der Waals surface area contributed by atoms with E-state index in [-0.39, 0.29) is 0 Å². The normalized spacial score (nSPS) is 22.6. The summed E-state index contributed by atoms with van der Waals surface area (Å²) in [6.45, 7) is 7.57. The Morgan fingerprint density at radius 3 is 2.56 bits per heavy atom. The first-order valence-electron chi connectivity index (χ1n) is 7.09. The van der Waals surface area contributed by atoms with Gasteiger partial charge < -0.3 is 5.73 Å². The monoisotopic (exact) mass is 246 g/mol. The fourth-order valence-electron chi connectivity index (χ4n) is 3.09. The summed E-state index contributed by atoms with van der Waals surface area (Å²) in [4.78, 5) is 2.57. The van der Waals surface area contributed by atoms with Gasteiger partial charge in [0.2, 0.25) is 0 Å². The smallest absolute Gasteiger partial charge is 0.0237 e. The van der Waals surface area contributed by atoms with Gasteiger partial charge in [0, 0.05) is 25.7 Å². The van der Waals surface area contributed by atoms with E-state index in [1.54, 1.807) is 0 Å². The van der Waals surface area contributed by atoms with Crippen molar-refractivity contribution in [1.82, 2.24) is 4.90 Å². The Morgan fingerprint density at radius 2 is 2.00 bits per heavy atom. The largest absolute Gasteiger partial charge is 0.329 e. The molecule has 1 saturated carbocycles. The first-order chi connectivity index (χ1) is 8.61. The van der Waals surface area contributed by atoms with Crippen molar-refractivity contribution in [3.8, 4) is 0 Å². The summed E-state index contributed by atoms with van der Waals surface area (Å²) in [6, 6.07) is 11.5. The van der Waals surface area contributed by atoms with Gasteiger partial charge in [-0.15, -0.1) is 0 Å². The molecule has 0 bridgehead atoms. The fraction of sp³-hybridized carbons (Fsp3) is 0.625. The van der Waals surface area contributed by atoms with Crippen LogP contribution in [0.4, 0.5) is 0 Å². The first-order valence-corrected chi connectivity index (χ1v) is 7.09. The Bertz CT molecular complexity index is 359. The maximum Gasteiger partial charge on any atom is 0.0237 e. The van der Waals surface area contributed by atoms with Crippen molar-refractivity contribution in [3.63, 3.8) is 0 Å². The lowest BCUT2D eigenvalue weighted by Crippen LogP contribution is -2.37. The van der Waals surface area contributed by atoms with E-state index in [0.717, 1.165) is 19.6 Å². The van der Waals surface area contributed by atoms with Gasteiger partial charge in [0.1, 0.15) is 0 Å². The average molecular weight is 246 g/mol. The molecule has 0 aliphatic heterocycles. The molecule has 1 unspecified atom stereocenters. The number of hydrogen-bond acceptors (Lipinski definition) is 2. The summed E-state index contributed by atoms with van der Waals surface area (Å²) < 4.78 is 0. The molecule has 18 heavy (non-hydrogen) atoms. The lowest BCUT2D eigenvalue weighted by atomic mass is 9.91. The zero-order valence-electron chi connectivity index (χ0n) is 11.7. The van der Waals surface area contributed by atoms with Gasteiger partial charge in [0.25, 0.3) is 0 Å². The van der Waals surface area contributed by atoms with Gasteiger partial charge in [0.15, 0.2) is 0 Å². The van der Waals surface area contributed by atoms with E-state index in [1.165, 1.54) is 24.8 Å². The van der Waals surface area contributed by atoms with Gasteiger partial charge in [0.05, 0.1) is 0 Å². The predicted octanol–water partition coefficient (Wildman–Crippen LogP) is 3.03. The highest BCUT2D eigenvalue weighted by Crippen LogP contribution is 2.39. The molecule has 2 rings (SSSR count). The molecule has 1 aliphatic rings. The molecule has 0 radical (unpaired) electrons. The van der Waals surface area contributed by atoms with Crippen molar-refractivity contribution < 1.29 is 0 Å². The molecule has 1 aromatic carbocycles. The molecule has 0 heterocycles. The van der Waals surface area contributed by atoms with Gasteiger partial charge in [-0.1, -0.05) is 44.2 Å². The number of hydrogen-bond donors (Lipinski definition) is 1. The van der Waals surface area contributed by atoms with Crippen LogP contribution in [0, 0.1) is 5.41 Å². The second-order valence-corrected chi connectivity index (χ2v) is 6.31. The highest BCUT2D eigenvalue weighted by molar-refractivity contribution is 5.14. The van der Waals surface area contributed by atoms with Crippen LogP contribution < -0.4 is 5.73 Å². The summed E-state index contributed by atoms with van der Waals surface area (Å²) in [6.07, 6.45) is 3.97. The molecule has 100 valence electrons. The summed E-state index contributed by atoms with van der Waals surface area (Å²) in [5.41, 5.74) is 7.68. The minimum Gasteiger partial charge on any atom is -0.329 e. The molecule has 1 fully saturated rings. The maximum absolute atomic E-state index is 5.78. The Hall–Kier alpha value is -0.860. The van der Waals surface area contributed by atoms with Crippen LogP contribution in [0.15, 0.2) is 30.3 Å². The van der Waals surface area contributed by atoms with E-state index in [2.05, 4.69) is 49.1 Å². The molecular formula is C16H26N2. The fourth-order valence-corrected chi connectivity index (χ4v) is 3.09. The van der Waals surface area contributed by atoms with Gasteiger partial charge in [-0.3, -0.25) is 4.90 Å². The van der Waals surface area contributed by atoms with Crippen molar-refractivity contribution >= 4 is 0 Å². The van der Waals surface area contributed by atoms with Crippen LogP contribution in [0.5, 0.6) is 0 Å². The average Bonchev–Trinajstić information content (AvgIpc) is 2.70. The summed E-state index contributed by atoms with van der Waals surface area (Å²) >= 11 is 0. The molecule has 0 amide bonds. The van der Waals surface area contributed by atoms with Gasteiger partial charge in [-0.25, -0.2) is 0 Å². The quantitative estimate of drug-likeness (QED) is 0.865.